The van der Waals surface area contributed by atoms with Crippen molar-refractivity contribution in [1.29, 1.82) is 0 Å². The van der Waals surface area contributed by atoms with Gasteiger partial charge in [0.2, 0.25) is 0 Å². The van der Waals surface area contributed by atoms with E-state index in [4.69, 9.17) is 4.74 Å². The van der Waals surface area contributed by atoms with Crippen LogP contribution in [0.2, 0.25) is 0 Å². The number of carbonyl (C=O) groups excluding carboxylic acids is 2. The lowest BCUT2D eigenvalue weighted by Gasteiger charge is -2.13. The summed E-state index contributed by atoms with van der Waals surface area (Å²) in [6, 6.07) is 2.14. The number of halogens is 3. The van der Waals surface area contributed by atoms with Gasteiger partial charge < -0.3 is 13.1 Å². The highest BCUT2D eigenvalue weighted by Gasteiger charge is 2.32. The Morgan fingerprint density at radius 1 is 1.19 bits per heavy atom. The molecule has 1 unspecified atom stereocenters. The molecule has 31 heavy (non-hydrogen) atoms. The minimum atomic E-state index is -4.85. The maximum Gasteiger partial charge on any atom is 0.416 e. The summed E-state index contributed by atoms with van der Waals surface area (Å²) in [5, 5.41) is 4.52. The number of rotatable bonds is 7. The molecule has 1 aromatic carbocycles. The SMILES string of the molecule is NS(=O)(=O)OC(=O)/C=C(/C(=O)OS(=O)(=O)NC1CCOC1)c1cccc(C(F)(F)F)c1. The molecule has 0 radical (unpaired) electrons. The lowest BCUT2D eigenvalue weighted by Crippen LogP contribution is -2.37. The van der Waals surface area contributed by atoms with Crippen LogP contribution in [0.3, 0.4) is 0 Å². The van der Waals surface area contributed by atoms with Gasteiger partial charge in [0.1, 0.15) is 0 Å². The number of benzene rings is 1. The highest BCUT2D eigenvalue weighted by molar-refractivity contribution is 7.85. The molecule has 172 valence electrons. The second-order valence-corrected chi connectivity index (χ2v) is 8.50. The molecule has 2 rings (SSSR count). The second kappa shape index (κ2) is 9.31. The quantitative estimate of drug-likeness (QED) is 0.502. The summed E-state index contributed by atoms with van der Waals surface area (Å²) in [5.41, 5.74) is -2.88. The predicted molar refractivity (Wildman–Crippen MR) is 96.0 cm³/mol. The summed E-state index contributed by atoms with van der Waals surface area (Å²) in [4.78, 5) is 24.1. The van der Waals surface area contributed by atoms with Gasteiger partial charge in [0.15, 0.2) is 0 Å². The molecule has 1 aliphatic rings. The maximum atomic E-state index is 13.0. The zero-order valence-electron chi connectivity index (χ0n) is 15.3. The Morgan fingerprint density at radius 3 is 2.42 bits per heavy atom. The Morgan fingerprint density at radius 2 is 1.87 bits per heavy atom. The van der Waals surface area contributed by atoms with Gasteiger partial charge in [-0.2, -0.15) is 39.9 Å². The molecule has 0 bridgehead atoms. The normalized spacial score (nSPS) is 17.9. The Balaban J connectivity index is 2.39. The fraction of sp³-hybridized carbons (Fsp3) is 0.333. The van der Waals surface area contributed by atoms with Crippen LogP contribution in [0.1, 0.15) is 17.5 Å². The third-order valence-electron chi connectivity index (χ3n) is 3.61. The van der Waals surface area contributed by atoms with Crippen LogP contribution in [0.4, 0.5) is 13.2 Å². The summed E-state index contributed by atoms with van der Waals surface area (Å²) in [6.07, 6.45) is -4.44. The fourth-order valence-electron chi connectivity index (χ4n) is 2.38. The molecule has 1 saturated heterocycles. The summed E-state index contributed by atoms with van der Waals surface area (Å²) < 4.78 is 99.7. The maximum absolute atomic E-state index is 13.0. The lowest BCUT2D eigenvalue weighted by molar-refractivity contribution is -0.137. The zero-order valence-corrected chi connectivity index (χ0v) is 16.9. The number of carbonyl (C=O) groups is 2. The number of hydrogen-bond acceptors (Lipinski definition) is 9. The number of ether oxygens (including phenoxy) is 1. The molecule has 1 aromatic rings. The highest BCUT2D eigenvalue weighted by atomic mass is 32.2. The second-order valence-electron chi connectivity index (χ2n) is 6.04. The van der Waals surface area contributed by atoms with Crippen LogP contribution in [-0.4, -0.2) is 48.0 Å². The van der Waals surface area contributed by atoms with Gasteiger partial charge in [-0.3, -0.25) is 0 Å². The molecule has 16 heteroatoms. The van der Waals surface area contributed by atoms with Gasteiger partial charge in [-0.1, -0.05) is 12.1 Å². The van der Waals surface area contributed by atoms with E-state index in [2.05, 4.69) is 13.5 Å². The van der Waals surface area contributed by atoms with Gasteiger partial charge in [0.05, 0.1) is 23.8 Å². The van der Waals surface area contributed by atoms with E-state index < -0.39 is 61.5 Å². The van der Waals surface area contributed by atoms with Gasteiger partial charge >= 0.3 is 38.7 Å². The molecule has 1 heterocycles. The van der Waals surface area contributed by atoms with Gasteiger partial charge in [-0.15, -0.1) is 0 Å². The Bertz CT molecular complexity index is 1090. The van der Waals surface area contributed by atoms with Crippen LogP contribution in [0.25, 0.3) is 5.57 Å². The minimum absolute atomic E-state index is 0.00616. The molecular formula is C15H15F3N2O9S2. The van der Waals surface area contributed by atoms with Crippen molar-refractivity contribution in [2.24, 2.45) is 5.14 Å². The molecule has 0 aliphatic carbocycles. The number of alkyl halides is 3. The molecule has 1 atom stereocenters. The van der Waals surface area contributed by atoms with Crippen molar-refractivity contribution in [3.05, 3.63) is 41.5 Å². The Labute approximate surface area is 174 Å². The van der Waals surface area contributed by atoms with E-state index in [0.29, 0.717) is 12.1 Å². The van der Waals surface area contributed by atoms with Gasteiger partial charge in [0.25, 0.3) is 0 Å². The van der Waals surface area contributed by atoms with Crippen molar-refractivity contribution in [1.82, 2.24) is 4.72 Å². The monoisotopic (exact) mass is 488 g/mol. The summed E-state index contributed by atoms with van der Waals surface area (Å²) in [6.45, 7) is 0.240. The van der Waals surface area contributed by atoms with Crippen molar-refractivity contribution in [2.75, 3.05) is 13.2 Å². The van der Waals surface area contributed by atoms with Gasteiger partial charge in [-0.25, -0.2) is 9.59 Å². The van der Waals surface area contributed by atoms with Crippen LogP contribution in [0.5, 0.6) is 0 Å². The highest BCUT2D eigenvalue weighted by Crippen LogP contribution is 2.31. The molecule has 11 nitrogen and oxygen atoms in total. The fourth-order valence-corrected chi connectivity index (χ4v) is 3.59. The molecule has 3 N–H and O–H groups in total. The average Bonchev–Trinajstić information content (AvgIpc) is 3.09. The van der Waals surface area contributed by atoms with Crippen molar-refractivity contribution >= 4 is 38.1 Å². The summed E-state index contributed by atoms with van der Waals surface area (Å²) in [5.74, 6) is -3.56. The minimum Gasteiger partial charge on any atom is -0.380 e. The molecular weight excluding hydrogens is 473 g/mol. The smallest absolute Gasteiger partial charge is 0.380 e. The number of hydrogen-bond donors (Lipinski definition) is 2. The third kappa shape index (κ3) is 7.91. The van der Waals surface area contributed by atoms with Gasteiger partial charge in [0, 0.05) is 12.7 Å². The van der Waals surface area contributed by atoms with Crippen molar-refractivity contribution < 1.29 is 52.7 Å². The van der Waals surface area contributed by atoms with Crippen LogP contribution < -0.4 is 9.86 Å². The third-order valence-corrected chi connectivity index (χ3v) is 5.00. The Hall–Kier alpha value is -2.53. The molecule has 0 saturated carbocycles. The van der Waals surface area contributed by atoms with E-state index >= 15 is 0 Å². The zero-order chi connectivity index (χ0) is 23.4. The molecule has 0 aromatic heterocycles. The van der Waals surface area contributed by atoms with Crippen LogP contribution in [-0.2, 0) is 49.5 Å². The van der Waals surface area contributed by atoms with E-state index in [9.17, 15) is 39.6 Å². The standard InChI is InChI=1S/C15H15F3N2O9S2/c16-15(17,18)10-3-1-2-9(6-10)12(7-13(21)28-30(19,23)24)14(22)29-31(25,26)20-11-4-5-27-8-11/h1-3,6-7,11,20H,4-5,8H2,(H2,19,23,24)/b12-7+. The Kier molecular flexibility index (Phi) is 7.43. The van der Waals surface area contributed by atoms with Crippen molar-refractivity contribution in [2.45, 2.75) is 18.6 Å². The number of nitrogens with one attached hydrogen (secondary N) is 1. The molecule has 1 fully saturated rings. The van der Waals surface area contributed by atoms with E-state index in [1.807, 2.05) is 4.72 Å². The lowest BCUT2D eigenvalue weighted by atomic mass is 10.0. The van der Waals surface area contributed by atoms with Gasteiger partial charge in [-0.05, 0) is 24.1 Å². The van der Waals surface area contributed by atoms with Crippen molar-refractivity contribution in [3.8, 4) is 0 Å². The summed E-state index contributed by atoms with van der Waals surface area (Å²) in [7, 11) is -9.59. The van der Waals surface area contributed by atoms with Crippen LogP contribution in [0.15, 0.2) is 30.3 Å². The first kappa shape index (κ1) is 24.7. The predicted octanol–water partition coefficient (Wildman–Crippen LogP) is 0.00200. The van der Waals surface area contributed by atoms with E-state index in [1.54, 1.807) is 0 Å². The van der Waals surface area contributed by atoms with Crippen LogP contribution >= 0.6 is 0 Å². The van der Waals surface area contributed by atoms with E-state index in [1.165, 1.54) is 0 Å². The molecule has 0 spiro atoms. The first-order valence-electron chi connectivity index (χ1n) is 8.15. The van der Waals surface area contributed by atoms with E-state index in [0.717, 1.165) is 12.1 Å². The van der Waals surface area contributed by atoms with E-state index in [-0.39, 0.29) is 25.7 Å². The number of nitrogens with two attached hydrogens (primary N) is 1. The van der Waals surface area contributed by atoms with Crippen molar-refractivity contribution in [3.63, 3.8) is 0 Å². The molecule has 0 amide bonds. The summed E-state index contributed by atoms with van der Waals surface area (Å²) >= 11 is 0. The first-order chi connectivity index (χ1) is 14.2. The van der Waals surface area contributed by atoms with Crippen LogP contribution in [0, 0.1) is 0 Å². The first-order valence-corrected chi connectivity index (χ1v) is 11.0. The largest absolute Gasteiger partial charge is 0.416 e. The molecule has 1 aliphatic heterocycles. The topological polar surface area (TPSA) is 168 Å². The average molecular weight is 488 g/mol.